The van der Waals surface area contributed by atoms with Gasteiger partial charge in [-0.15, -0.1) is 0 Å². The summed E-state index contributed by atoms with van der Waals surface area (Å²) in [4.78, 5) is 6.83. The van der Waals surface area contributed by atoms with Crippen LogP contribution in [-0.2, 0) is 17.1 Å². The number of β-amino-alcohol motifs (C(OH)–C–C–N with tert-alkyl or cyclic N) is 3. The van der Waals surface area contributed by atoms with Crippen LogP contribution in [0.3, 0.4) is 0 Å². The molecule has 1 aliphatic heterocycles. The van der Waals surface area contributed by atoms with Gasteiger partial charge in [-0.05, 0) is 19.4 Å². The summed E-state index contributed by atoms with van der Waals surface area (Å²) in [5, 5.41) is 30.1. The van der Waals surface area contributed by atoms with Crippen molar-refractivity contribution >= 4 is 0 Å². The molecule has 1 radical (unpaired) electrons. The molecule has 1 fully saturated rings. The van der Waals surface area contributed by atoms with Crippen molar-refractivity contribution < 1.29 is 32.4 Å². The summed E-state index contributed by atoms with van der Waals surface area (Å²) in [5.41, 5.74) is 0.939. The van der Waals surface area contributed by atoms with Gasteiger partial charge >= 0.3 is 17.1 Å². The zero-order valence-electron chi connectivity index (χ0n) is 16.5. The van der Waals surface area contributed by atoms with Gasteiger partial charge in [0.25, 0.3) is 0 Å². The van der Waals surface area contributed by atoms with Gasteiger partial charge in [-0.3, -0.25) is 14.7 Å². The fourth-order valence-corrected chi connectivity index (χ4v) is 3.50. The molecule has 2 rings (SSSR count). The third-order valence-corrected chi connectivity index (χ3v) is 4.86. The smallest absolute Gasteiger partial charge is 0.392 e. The molecule has 27 heavy (non-hydrogen) atoms. The van der Waals surface area contributed by atoms with Gasteiger partial charge in [-0.1, -0.05) is 30.3 Å². The van der Waals surface area contributed by atoms with E-state index in [1.807, 2.05) is 44.2 Å². The Kier molecular flexibility index (Phi) is 11.7. The first-order valence-corrected chi connectivity index (χ1v) is 9.70. The Balaban J connectivity index is 0.00000364. The van der Waals surface area contributed by atoms with E-state index < -0.39 is 6.10 Å². The first kappa shape index (κ1) is 24.5. The first-order chi connectivity index (χ1) is 12.4. The third kappa shape index (κ3) is 9.50. The second-order valence-corrected chi connectivity index (χ2v) is 7.53. The van der Waals surface area contributed by atoms with Gasteiger partial charge in [-0.25, -0.2) is 0 Å². The molecule has 0 aromatic heterocycles. The molecule has 1 aromatic rings. The van der Waals surface area contributed by atoms with E-state index in [2.05, 4.69) is 14.7 Å². The zero-order chi connectivity index (χ0) is 18.9. The molecule has 1 aromatic carbocycles. The average Bonchev–Trinajstić information content (AvgIpc) is 2.68. The van der Waals surface area contributed by atoms with Crippen molar-refractivity contribution in [2.24, 2.45) is 0 Å². The van der Waals surface area contributed by atoms with Crippen LogP contribution in [0.15, 0.2) is 30.3 Å². The minimum absolute atomic E-state index is 0. The molecule has 0 bridgehead atoms. The monoisotopic (exact) mass is 421 g/mol. The van der Waals surface area contributed by atoms with Gasteiger partial charge in [0.15, 0.2) is 0 Å². The van der Waals surface area contributed by atoms with E-state index in [-0.39, 0.29) is 29.3 Å². The Morgan fingerprint density at radius 3 is 1.44 bits per heavy atom. The molecule has 1 saturated heterocycles. The fourth-order valence-electron chi connectivity index (χ4n) is 3.50. The Hall–Kier alpha value is -0.501. The molecule has 1 heterocycles. The minimum Gasteiger partial charge on any atom is -0.392 e. The Labute approximate surface area is 174 Å². The van der Waals surface area contributed by atoms with Crippen molar-refractivity contribution in [3.05, 3.63) is 35.9 Å². The summed E-state index contributed by atoms with van der Waals surface area (Å²) < 4.78 is 0. The van der Waals surface area contributed by atoms with E-state index in [4.69, 9.17) is 0 Å². The maximum Gasteiger partial charge on any atom is 3.00 e. The second kappa shape index (κ2) is 12.9. The van der Waals surface area contributed by atoms with Crippen LogP contribution in [0.5, 0.6) is 0 Å². The number of nitrogens with zero attached hydrogens (tertiary/aromatic N) is 3. The quantitative estimate of drug-likeness (QED) is 0.554. The van der Waals surface area contributed by atoms with E-state index >= 15 is 0 Å². The van der Waals surface area contributed by atoms with Crippen LogP contribution < -0.4 is 0 Å². The van der Waals surface area contributed by atoms with Crippen LogP contribution in [-0.4, -0.2) is 101 Å². The SMILES string of the molecule is C[C@H](O)CN1CCN(CC(O)c2ccccc2)CCN(C[C@H](C)O)CC1.[Fe+3]. The average molecular weight is 421 g/mol. The number of rotatable bonds is 7. The van der Waals surface area contributed by atoms with E-state index in [9.17, 15) is 15.3 Å². The van der Waals surface area contributed by atoms with Crippen LogP contribution in [0.1, 0.15) is 25.5 Å². The molecule has 1 unspecified atom stereocenters. The largest absolute Gasteiger partial charge is 3.00 e. The molecular formula is C20H35FeN3O3+3. The van der Waals surface area contributed by atoms with Gasteiger partial charge in [0, 0.05) is 58.9 Å². The maximum atomic E-state index is 10.6. The van der Waals surface area contributed by atoms with Gasteiger partial charge in [0.2, 0.25) is 0 Å². The van der Waals surface area contributed by atoms with E-state index in [0.29, 0.717) is 19.6 Å². The predicted molar refractivity (Wildman–Crippen MR) is 104 cm³/mol. The molecule has 3 atom stereocenters. The molecule has 3 N–H and O–H groups in total. The van der Waals surface area contributed by atoms with Crippen LogP contribution >= 0.6 is 0 Å². The van der Waals surface area contributed by atoms with Crippen molar-refractivity contribution in [3.63, 3.8) is 0 Å². The zero-order valence-corrected chi connectivity index (χ0v) is 17.6. The Morgan fingerprint density at radius 1 is 0.704 bits per heavy atom. The van der Waals surface area contributed by atoms with Crippen LogP contribution in [0.4, 0.5) is 0 Å². The first-order valence-electron chi connectivity index (χ1n) is 9.70. The molecule has 7 heteroatoms. The number of hydrogen-bond donors (Lipinski definition) is 3. The van der Waals surface area contributed by atoms with Crippen LogP contribution in [0.25, 0.3) is 0 Å². The normalized spacial score (nSPS) is 21.4. The predicted octanol–water partition coefficient (Wildman–Crippen LogP) is 0.399. The van der Waals surface area contributed by atoms with Crippen LogP contribution in [0.2, 0.25) is 0 Å². The van der Waals surface area contributed by atoms with Crippen molar-refractivity contribution in [2.45, 2.75) is 32.2 Å². The minimum atomic E-state index is -0.507. The Bertz CT molecular complexity index is 483. The van der Waals surface area contributed by atoms with Gasteiger partial charge in [0.05, 0.1) is 18.3 Å². The number of hydrogen-bond acceptors (Lipinski definition) is 6. The summed E-state index contributed by atoms with van der Waals surface area (Å²) in [6.07, 6.45) is -1.22. The third-order valence-electron chi connectivity index (χ3n) is 4.86. The van der Waals surface area contributed by atoms with Crippen molar-refractivity contribution in [1.29, 1.82) is 0 Å². The number of aliphatic hydroxyl groups excluding tert-OH is 3. The topological polar surface area (TPSA) is 70.4 Å². The molecule has 1 aliphatic rings. The molecule has 0 amide bonds. The summed E-state index contributed by atoms with van der Waals surface area (Å²) >= 11 is 0. The maximum absolute atomic E-state index is 10.6. The van der Waals surface area contributed by atoms with E-state index in [1.165, 1.54) is 0 Å². The Morgan fingerprint density at radius 2 is 1.07 bits per heavy atom. The molecular weight excluding hydrogens is 386 g/mol. The van der Waals surface area contributed by atoms with Crippen molar-refractivity contribution in [2.75, 3.05) is 58.9 Å². The number of benzene rings is 1. The summed E-state index contributed by atoms with van der Waals surface area (Å²) in [6.45, 7) is 10.8. The van der Waals surface area contributed by atoms with E-state index in [0.717, 1.165) is 44.8 Å². The van der Waals surface area contributed by atoms with E-state index in [1.54, 1.807) is 0 Å². The second-order valence-electron chi connectivity index (χ2n) is 7.53. The van der Waals surface area contributed by atoms with Crippen molar-refractivity contribution in [3.8, 4) is 0 Å². The van der Waals surface area contributed by atoms with Crippen LogP contribution in [0, 0.1) is 0 Å². The fraction of sp³-hybridized carbons (Fsp3) is 0.700. The molecule has 0 aliphatic carbocycles. The number of aliphatic hydroxyl groups is 3. The molecule has 0 spiro atoms. The molecule has 153 valence electrons. The van der Waals surface area contributed by atoms with Crippen molar-refractivity contribution in [1.82, 2.24) is 14.7 Å². The molecule has 0 saturated carbocycles. The molecule has 6 nitrogen and oxygen atoms in total. The summed E-state index contributed by atoms with van der Waals surface area (Å²) in [5.74, 6) is 0. The van der Waals surface area contributed by atoms with Gasteiger partial charge < -0.3 is 15.3 Å². The summed E-state index contributed by atoms with van der Waals surface area (Å²) in [7, 11) is 0. The van der Waals surface area contributed by atoms with Gasteiger partial charge in [-0.2, -0.15) is 0 Å². The van der Waals surface area contributed by atoms with Gasteiger partial charge in [0.1, 0.15) is 0 Å². The standard InChI is InChI=1S/C20H35N3O3.Fe/c1-17(24)14-21-8-9-22(15-18(2)25)11-13-23(12-10-21)16-20(26)19-6-4-3-5-7-19;/h3-7,17-18,20,24-26H,8-16H2,1-2H3;/q;+3/t17-,18-,20?;/m0./s1. The summed E-state index contributed by atoms with van der Waals surface area (Å²) in [6, 6.07) is 9.77.